The van der Waals surface area contributed by atoms with Crippen molar-refractivity contribution < 1.29 is 13.2 Å². The Bertz CT molecular complexity index is 2480. The zero-order valence-electron chi connectivity index (χ0n) is 26.2. The third-order valence-electron chi connectivity index (χ3n) is 10.0. The Labute approximate surface area is 284 Å². The van der Waals surface area contributed by atoms with Crippen LogP contribution in [0.3, 0.4) is 0 Å². The molecule has 7 aromatic rings. The average molecular weight is 653 g/mol. The molecule has 0 saturated carbocycles. The Morgan fingerprint density at radius 3 is 1.39 bits per heavy atom. The first-order chi connectivity index (χ1) is 24.1. The van der Waals surface area contributed by atoms with Crippen molar-refractivity contribution in [3.8, 4) is 11.5 Å². The van der Waals surface area contributed by atoms with Gasteiger partial charge in [0.25, 0.3) is 0 Å². The quantitative estimate of drug-likeness (QED) is 0.186. The number of fused-ring (bicyclic) bond motifs is 10. The lowest BCUT2D eigenvalue weighted by Gasteiger charge is -2.51. The number of anilines is 6. The van der Waals surface area contributed by atoms with E-state index in [-0.39, 0.29) is 9.79 Å². The van der Waals surface area contributed by atoms with Gasteiger partial charge < -0.3 is 14.5 Å². The molecule has 0 atom stereocenters. The summed E-state index contributed by atoms with van der Waals surface area (Å²) < 4.78 is 33.6. The third-order valence-corrected chi connectivity index (χ3v) is 11.9. The van der Waals surface area contributed by atoms with E-state index in [1.54, 1.807) is 30.3 Å². The molecule has 0 radical (unpaired) electrons. The van der Waals surface area contributed by atoms with Crippen LogP contribution in [0.5, 0.6) is 11.5 Å². The van der Waals surface area contributed by atoms with Crippen LogP contribution in [0.25, 0.3) is 0 Å². The van der Waals surface area contributed by atoms with Gasteiger partial charge in [-0.2, -0.15) is 0 Å². The van der Waals surface area contributed by atoms with Crippen molar-refractivity contribution in [3.05, 3.63) is 192 Å². The number of sulfone groups is 1. The fraction of sp³-hybridized carbons (Fsp3) is 0.0233. The van der Waals surface area contributed by atoms with E-state index in [4.69, 9.17) is 4.74 Å². The van der Waals surface area contributed by atoms with E-state index >= 15 is 0 Å². The van der Waals surface area contributed by atoms with E-state index in [1.165, 1.54) is 11.1 Å². The molecule has 0 aliphatic carbocycles. The van der Waals surface area contributed by atoms with Gasteiger partial charge in [0, 0.05) is 17.4 Å². The van der Waals surface area contributed by atoms with Crippen molar-refractivity contribution >= 4 is 44.0 Å². The summed E-state index contributed by atoms with van der Waals surface area (Å²) in [6, 6.07) is 57.4. The molecule has 0 N–H and O–H groups in total. The van der Waals surface area contributed by atoms with E-state index in [0.29, 0.717) is 11.5 Å². The maximum absolute atomic E-state index is 13.6. The predicted octanol–water partition coefficient (Wildman–Crippen LogP) is 10.6. The van der Waals surface area contributed by atoms with Gasteiger partial charge in [0.2, 0.25) is 9.84 Å². The summed E-state index contributed by atoms with van der Waals surface area (Å²) in [5, 5.41) is 0. The van der Waals surface area contributed by atoms with Crippen molar-refractivity contribution in [1.29, 1.82) is 0 Å². The molecule has 6 heteroatoms. The van der Waals surface area contributed by atoms with Gasteiger partial charge in [-0.25, -0.2) is 8.42 Å². The number of rotatable bonds is 2. The summed E-state index contributed by atoms with van der Waals surface area (Å²) in [6.45, 7) is 0. The van der Waals surface area contributed by atoms with Crippen LogP contribution >= 0.6 is 0 Å². The van der Waals surface area contributed by atoms with Crippen molar-refractivity contribution in [2.75, 3.05) is 9.80 Å². The van der Waals surface area contributed by atoms with Crippen LogP contribution in [-0.2, 0) is 15.3 Å². The van der Waals surface area contributed by atoms with Crippen LogP contribution in [0.1, 0.15) is 22.3 Å². The fourth-order valence-corrected chi connectivity index (χ4v) is 9.62. The second-order valence-corrected chi connectivity index (χ2v) is 14.4. The zero-order chi connectivity index (χ0) is 32.7. The molecule has 1 spiro atoms. The Hall–Kier alpha value is -6.11. The van der Waals surface area contributed by atoms with Crippen LogP contribution in [0.2, 0.25) is 0 Å². The Kier molecular flexibility index (Phi) is 5.82. The zero-order valence-corrected chi connectivity index (χ0v) is 27.0. The van der Waals surface area contributed by atoms with E-state index in [2.05, 4.69) is 137 Å². The summed E-state index contributed by atoms with van der Waals surface area (Å²) in [5.41, 5.74) is 10.2. The first kappa shape index (κ1) is 28.0. The first-order valence-electron chi connectivity index (χ1n) is 16.3. The van der Waals surface area contributed by atoms with E-state index in [9.17, 15) is 8.42 Å². The molecule has 3 aliphatic heterocycles. The predicted molar refractivity (Wildman–Crippen MR) is 193 cm³/mol. The highest BCUT2D eigenvalue weighted by atomic mass is 32.2. The van der Waals surface area contributed by atoms with Gasteiger partial charge in [0.15, 0.2) is 0 Å². The lowest BCUT2D eigenvalue weighted by molar-refractivity contribution is 0.443. The average Bonchev–Trinajstić information content (AvgIpc) is 3.15. The maximum Gasteiger partial charge on any atom is 0.213 e. The molecule has 7 aromatic carbocycles. The Morgan fingerprint density at radius 2 is 0.837 bits per heavy atom. The topological polar surface area (TPSA) is 49.9 Å². The molecule has 0 unspecified atom stereocenters. The smallest absolute Gasteiger partial charge is 0.213 e. The Morgan fingerprint density at radius 1 is 0.408 bits per heavy atom. The number of para-hydroxylation sites is 6. The minimum absolute atomic E-state index is 0.168. The molecule has 3 aliphatic rings. The molecule has 49 heavy (non-hydrogen) atoms. The molecular formula is C43H28N2O3S. The lowest BCUT2D eigenvalue weighted by Crippen LogP contribution is -2.41. The maximum atomic E-state index is 13.6. The third kappa shape index (κ3) is 3.72. The first-order valence-corrected chi connectivity index (χ1v) is 17.8. The minimum atomic E-state index is -3.74. The highest BCUT2D eigenvalue weighted by molar-refractivity contribution is 7.91. The lowest BCUT2D eigenvalue weighted by atomic mass is 9.60. The number of hydrogen-bond donors (Lipinski definition) is 0. The van der Waals surface area contributed by atoms with Gasteiger partial charge in [-0.3, -0.25) is 0 Å². The molecule has 10 rings (SSSR count). The molecule has 0 amide bonds. The van der Waals surface area contributed by atoms with Crippen molar-refractivity contribution in [2.24, 2.45) is 0 Å². The van der Waals surface area contributed by atoms with Crippen LogP contribution in [0.4, 0.5) is 34.1 Å². The highest BCUT2D eigenvalue weighted by Gasteiger charge is 2.51. The van der Waals surface area contributed by atoms with Gasteiger partial charge in [0.05, 0.1) is 28.2 Å². The number of ether oxygens (including phenoxy) is 1. The van der Waals surface area contributed by atoms with Gasteiger partial charge in [-0.15, -0.1) is 0 Å². The highest BCUT2D eigenvalue weighted by Crippen LogP contribution is 2.64. The molecule has 234 valence electrons. The summed E-state index contributed by atoms with van der Waals surface area (Å²) in [7, 11) is -3.74. The molecule has 0 saturated heterocycles. The molecular weight excluding hydrogens is 625 g/mol. The monoisotopic (exact) mass is 652 g/mol. The standard InChI is InChI=1S/C43H28N2O3S/c46-49(47)41-25-13-12-24-39(41)48-40-28-30(26-27-42(40)49)45-37-22-10-6-18-33(37)43(34-19-7-11-23-38(34)45)31-16-4-8-20-35(31)44(29-14-2-1-3-15-29)36-21-9-5-17-32(36)43/h1-28H. The molecule has 5 nitrogen and oxygen atoms in total. The van der Waals surface area contributed by atoms with Crippen LogP contribution in [0.15, 0.2) is 180 Å². The second kappa shape index (κ2) is 10.2. The van der Waals surface area contributed by atoms with Gasteiger partial charge in [0.1, 0.15) is 21.3 Å². The largest absolute Gasteiger partial charge is 0.455 e. The fourth-order valence-electron chi connectivity index (χ4n) is 8.14. The van der Waals surface area contributed by atoms with Crippen LogP contribution in [-0.4, -0.2) is 8.42 Å². The van der Waals surface area contributed by atoms with Crippen molar-refractivity contribution in [1.82, 2.24) is 0 Å². The summed E-state index contributed by atoms with van der Waals surface area (Å²) in [6.07, 6.45) is 0. The normalized spacial score (nSPS) is 15.5. The van der Waals surface area contributed by atoms with Crippen LogP contribution in [0, 0.1) is 0 Å². The van der Waals surface area contributed by atoms with Gasteiger partial charge in [-0.1, -0.05) is 103 Å². The van der Waals surface area contributed by atoms with E-state index in [1.807, 2.05) is 12.1 Å². The summed E-state index contributed by atoms with van der Waals surface area (Å²) >= 11 is 0. The summed E-state index contributed by atoms with van der Waals surface area (Å²) in [5.74, 6) is 0.655. The summed E-state index contributed by atoms with van der Waals surface area (Å²) in [4.78, 5) is 4.96. The SMILES string of the molecule is O=S1(=O)c2ccccc2Oc2cc(N3c4ccccc4C4(c5ccccc5N(c5ccccc5)c5ccccc54)c4ccccc43)ccc21. The second-order valence-electron chi connectivity index (χ2n) is 12.5. The number of benzene rings is 7. The van der Waals surface area contributed by atoms with Gasteiger partial charge >= 0.3 is 0 Å². The number of nitrogens with zero attached hydrogens (tertiary/aromatic N) is 2. The van der Waals surface area contributed by atoms with E-state index in [0.717, 1.165) is 45.3 Å². The van der Waals surface area contributed by atoms with Crippen molar-refractivity contribution in [2.45, 2.75) is 15.2 Å². The van der Waals surface area contributed by atoms with E-state index < -0.39 is 15.3 Å². The Balaban J connectivity index is 1.25. The number of hydrogen-bond acceptors (Lipinski definition) is 5. The van der Waals surface area contributed by atoms with Gasteiger partial charge in [-0.05, 0) is 82.9 Å². The van der Waals surface area contributed by atoms with Crippen LogP contribution < -0.4 is 14.5 Å². The molecule has 0 fully saturated rings. The molecule has 0 aromatic heterocycles. The molecule has 3 heterocycles. The molecule has 0 bridgehead atoms. The minimum Gasteiger partial charge on any atom is -0.455 e. The van der Waals surface area contributed by atoms with Crippen molar-refractivity contribution in [3.63, 3.8) is 0 Å².